The number of carbonyl (C=O) groups is 1. The first-order valence-electron chi connectivity index (χ1n) is 11.9. The van der Waals surface area contributed by atoms with Crippen LogP contribution in [0.2, 0.25) is 0 Å². The average Bonchev–Trinajstić information content (AvgIpc) is 2.83. The number of benzene rings is 2. The number of para-hydroxylation sites is 1. The van der Waals surface area contributed by atoms with Crippen molar-refractivity contribution in [1.29, 1.82) is 0 Å². The van der Waals surface area contributed by atoms with E-state index in [4.69, 9.17) is 4.74 Å². The van der Waals surface area contributed by atoms with E-state index in [0.717, 1.165) is 36.1 Å². The summed E-state index contributed by atoms with van der Waals surface area (Å²) in [6, 6.07) is 11.1. The fourth-order valence-corrected chi connectivity index (χ4v) is 5.98. The van der Waals surface area contributed by atoms with Crippen LogP contribution in [0.25, 0.3) is 6.08 Å². The number of nitrogens with zero attached hydrogens (tertiary/aromatic N) is 1. The van der Waals surface area contributed by atoms with Gasteiger partial charge >= 0.3 is 0 Å². The standard InChI is InChI=1S/C27H36N2O4S/c1-19(2)22-10-9-11-23(20(3)4)27(22)28-26(30)15-13-21-12-14-24(33-5)25(18-21)34(31,32)29-16-7-6-8-17-29/h9-15,18-20H,6-8,16-17H2,1-5H3,(H,28,30). The molecule has 0 aliphatic carbocycles. The number of ether oxygens (including phenoxy) is 1. The van der Waals surface area contributed by atoms with Crippen LogP contribution < -0.4 is 10.1 Å². The Morgan fingerprint density at radius 1 is 1.00 bits per heavy atom. The van der Waals surface area contributed by atoms with Crippen LogP contribution in [0.15, 0.2) is 47.4 Å². The first kappa shape index (κ1) is 26.0. The van der Waals surface area contributed by atoms with Gasteiger partial charge in [0.2, 0.25) is 15.9 Å². The van der Waals surface area contributed by atoms with Gasteiger partial charge in [-0.15, -0.1) is 0 Å². The molecule has 0 atom stereocenters. The van der Waals surface area contributed by atoms with Gasteiger partial charge in [0.25, 0.3) is 0 Å². The van der Waals surface area contributed by atoms with Gasteiger partial charge in [-0.05, 0) is 59.6 Å². The quantitative estimate of drug-likeness (QED) is 0.483. The Balaban J connectivity index is 1.87. The molecule has 0 aromatic heterocycles. The first-order valence-corrected chi connectivity index (χ1v) is 13.4. The number of rotatable bonds is 8. The Morgan fingerprint density at radius 3 is 2.18 bits per heavy atom. The lowest BCUT2D eigenvalue weighted by Crippen LogP contribution is -2.35. The van der Waals surface area contributed by atoms with Crippen LogP contribution in [-0.2, 0) is 14.8 Å². The fourth-order valence-electron chi connectivity index (χ4n) is 4.28. The molecule has 184 valence electrons. The van der Waals surface area contributed by atoms with Gasteiger partial charge in [0.1, 0.15) is 10.6 Å². The summed E-state index contributed by atoms with van der Waals surface area (Å²) >= 11 is 0. The second-order valence-corrected chi connectivity index (χ2v) is 11.2. The molecule has 1 aliphatic heterocycles. The number of sulfonamides is 1. The predicted octanol–water partition coefficient (Wildman–Crippen LogP) is 5.77. The van der Waals surface area contributed by atoms with Crippen LogP contribution in [0, 0.1) is 0 Å². The lowest BCUT2D eigenvalue weighted by atomic mass is 9.92. The molecule has 3 rings (SSSR count). The van der Waals surface area contributed by atoms with Crippen molar-refractivity contribution in [2.75, 3.05) is 25.5 Å². The lowest BCUT2D eigenvalue weighted by molar-refractivity contribution is -0.111. The summed E-state index contributed by atoms with van der Waals surface area (Å²) in [5.74, 6) is 0.579. The summed E-state index contributed by atoms with van der Waals surface area (Å²) in [4.78, 5) is 13.0. The van der Waals surface area contributed by atoms with Crippen LogP contribution in [0.1, 0.15) is 75.5 Å². The first-order chi connectivity index (χ1) is 16.1. The molecule has 1 saturated heterocycles. The largest absolute Gasteiger partial charge is 0.495 e. The molecule has 1 amide bonds. The highest BCUT2D eigenvalue weighted by molar-refractivity contribution is 7.89. The summed E-state index contributed by atoms with van der Waals surface area (Å²) in [5, 5.41) is 3.05. The van der Waals surface area contributed by atoms with Crippen LogP contribution in [0.4, 0.5) is 5.69 Å². The molecule has 2 aromatic rings. The monoisotopic (exact) mass is 484 g/mol. The molecule has 1 N–H and O–H groups in total. The third-order valence-corrected chi connectivity index (χ3v) is 8.09. The van der Waals surface area contributed by atoms with E-state index in [9.17, 15) is 13.2 Å². The molecule has 7 heteroatoms. The van der Waals surface area contributed by atoms with E-state index in [1.54, 1.807) is 24.3 Å². The molecule has 0 bridgehead atoms. The Hall–Kier alpha value is -2.64. The van der Waals surface area contributed by atoms with Gasteiger partial charge in [-0.2, -0.15) is 4.31 Å². The summed E-state index contributed by atoms with van der Waals surface area (Å²) in [7, 11) is -2.21. The molecule has 0 saturated carbocycles. The van der Waals surface area contributed by atoms with E-state index < -0.39 is 10.0 Å². The van der Waals surface area contributed by atoms with Gasteiger partial charge in [0.05, 0.1) is 7.11 Å². The van der Waals surface area contributed by atoms with E-state index in [1.165, 1.54) is 17.5 Å². The molecule has 1 heterocycles. The predicted molar refractivity (Wildman–Crippen MR) is 138 cm³/mol. The molecule has 34 heavy (non-hydrogen) atoms. The molecule has 1 fully saturated rings. The summed E-state index contributed by atoms with van der Waals surface area (Å²) in [5.41, 5.74) is 3.65. The number of amides is 1. The number of carbonyl (C=O) groups excluding carboxylic acids is 1. The zero-order valence-corrected chi connectivity index (χ0v) is 21.6. The minimum absolute atomic E-state index is 0.131. The van der Waals surface area contributed by atoms with Crippen molar-refractivity contribution in [3.8, 4) is 5.75 Å². The highest BCUT2D eigenvalue weighted by atomic mass is 32.2. The summed E-state index contributed by atoms with van der Waals surface area (Å²) < 4.78 is 33.3. The lowest BCUT2D eigenvalue weighted by Gasteiger charge is -2.26. The maximum absolute atomic E-state index is 13.2. The summed E-state index contributed by atoms with van der Waals surface area (Å²) in [6.07, 6.45) is 5.84. The third kappa shape index (κ3) is 5.88. The second-order valence-electron chi connectivity index (χ2n) is 9.32. The Morgan fingerprint density at radius 2 is 1.62 bits per heavy atom. The van der Waals surface area contributed by atoms with Crippen LogP contribution in [-0.4, -0.2) is 38.8 Å². The van der Waals surface area contributed by atoms with E-state index in [-0.39, 0.29) is 22.6 Å². The fraction of sp³-hybridized carbons (Fsp3) is 0.444. The second kappa shape index (κ2) is 11.2. The number of nitrogens with one attached hydrogen (secondary N) is 1. The van der Waals surface area contributed by atoms with Gasteiger partial charge in [-0.1, -0.05) is 58.4 Å². The normalized spacial score (nSPS) is 15.3. The van der Waals surface area contributed by atoms with E-state index in [1.807, 2.05) is 18.2 Å². The van der Waals surface area contributed by atoms with Crippen molar-refractivity contribution in [2.45, 2.75) is 63.7 Å². The highest BCUT2D eigenvalue weighted by Crippen LogP contribution is 2.33. The van der Waals surface area contributed by atoms with Crippen molar-refractivity contribution in [3.63, 3.8) is 0 Å². The number of methoxy groups -OCH3 is 1. The van der Waals surface area contributed by atoms with Crippen molar-refractivity contribution >= 4 is 27.7 Å². The van der Waals surface area contributed by atoms with Gasteiger partial charge in [0.15, 0.2) is 0 Å². The topological polar surface area (TPSA) is 75.7 Å². The molecule has 0 radical (unpaired) electrons. The van der Waals surface area contributed by atoms with Gasteiger partial charge in [0, 0.05) is 24.9 Å². The van der Waals surface area contributed by atoms with Crippen LogP contribution in [0.5, 0.6) is 5.75 Å². The van der Waals surface area contributed by atoms with Gasteiger partial charge in [-0.3, -0.25) is 4.79 Å². The maximum atomic E-state index is 13.2. The maximum Gasteiger partial charge on any atom is 0.248 e. The van der Waals surface area contributed by atoms with E-state index in [2.05, 4.69) is 33.0 Å². The molecule has 0 spiro atoms. The molecule has 1 aliphatic rings. The number of anilines is 1. The minimum Gasteiger partial charge on any atom is -0.495 e. The minimum atomic E-state index is -3.67. The molecular formula is C27H36N2O4S. The average molecular weight is 485 g/mol. The third-order valence-electron chi connectivity index (χ3n) is 6.17. The number of hydrogen-bond acceptors (Lipinski definition) is 4. The summed E-state index contributed by atoms with van der Waals surface area (Å²) in [6.45, 7) is 9.45. The van der Waals surface area contributed by atoms with Crippen molar-refractivity contribution < 1.29 is 17.9 Å². The Labute approximate surface area is 204 Å². The van der Waals surface area contributed by atoms with Crippen molar-refractivity contribution in [3.05, 3.63) is 59.2 Å². The highest BCUT2D eigenvalue weighted by Gasteiger charge is 2.29. The number of hydrogen-bond donors (Lipinski definition) is 1. The number of piperidine rings is 1. The SMILES string of the molecule is COc1ccc(C=CC(=O)Nc2c(C(C)C)cccc2C(C)C)cc1S(=O)(=O)N1CCCCC1. The van der Waals surface area contributed by atoms with Crippen molar-refractivity contribution in [2.24, 2.45) is 0 Å². The van der Waals surface area contributed by atoms with Crippen LogP contribution >= 0.6 is 0 Å². The van der Waals surface area contributed by atoms with Crippen molar-refractivity contribution in [1.82, 2.24) is 4.31 Å². The van der Waals surface area contributed by atoms with E-state index in [0.29, 0.717) is 24.4 Å². The van der Waals surface area contributed by atoms with Crippen LogP contribution in [0.3, 0.4) is 0 Å². The smallest absolute Gasteiger partial charge is 0.248 e. The molecule has 2 aromatic carbocycles. The molecule has 6 nitrogen and oxygen atoms in total. The van der Waals surface area contributed by atoms with Gasteiger partial charge in [-0.25, -0.2) is 8.42 Å². The zero-order chi connectivity index (χ0) is 24.9. The Bertz CT molecular complexity index is 1120. The molecule has 0 unspecified atom stereocenters. The molecular weight excluding hydrogens is 448 g/mol. The van der Waals surface area contributed by atoms with Gasteiger partial charge < -0.3 is 10.1 Å². The zero-order valence-electron chi connectivity index (χ0n) is 20.8. The van der Waals surface area contributed by atoms with E-state index >= 15 is 0 Å². The Kier molecular flexibility index (Phi) is 8.55.